The van der Waals surface area contributed by atoms with Gasteiger partial charge in [0.15, 0.2) is 10.8 Å². The molecule has 0 radical (unpaired) electrons. The van der Waals surface area contributed by atoms with Gasteiger partial charge in [-0.1, -0.05) is 11.8 Å². The number of thioether (sulfide) groups is 1. The quantitative estimate of drug-likeness (QED) is 0.703. The molecule has 0 aliphatic heterocycles. The number of imidazole rings is 1. The van der Waals surface area contributed by atoms with E-state index < -0.39 is 0 Å². The summed E-state index contributed by atoms with van der Waals surface area (Å²) in [4.78, 5) is 11.6. The lowest BCUT2D eigenvalue weighted by Crippen LogP contribution is -1.97. The highest BCUT2D eigenvalue weighted by molar-refractivity contribution is 7.98. The molecule has 0 amide bonds. The predicted octanol–water partition coefficient (Wildman–Crippen LogP) is 1.14. The molecular formula is C8H10N4S. The van der Waals surface area contributed by atoms with Gasteiger partial charge in [-0.25, -0.2) is 9.97 Å². The molecule has 5 heteroatoms. The van der Waals surface area contributed by atoms with Crippen LogP contribution in [0.5, 0.6) is 0 Å². The van der Waals surface area contributed by atoms with Crippen molar-refractivity contribution in [1.29, 1.82) is 0 Å². The van der Waals surface area contributed by atoms with E-state index in [1.54, 1.807) is 18.0 Å². The predicted molar refractivity (Wildman–Crippen MR) is 53.6 cm³/mol. The summed E-state index contributed by atoms with van der Waals surface area (Å²) in [5.41, 5.74) is 8.33. The maximum atomic E-state index is 5.58. The third-order valence-electron chi connectivity index (χ3n) is 1.87. The van der Waals surface area contributed by atoms with Crippen LogP contribution in [0.3, 0.4) is 0 Å². The van der Waals surface area contributed by atoms with Crippen molar-refractivity contribution >= 4 is 22.9 Å². The van der Waals surface area contributed by atoms with E-state index in [1.807, 2.05) is 12.3 Å². The van der Waals surface area contributed by atoms with E-state index in [2.05, 4.69) is 15.0 Å². The van der Waals surface area contributed by atoms with Crippen molar-refractivity contribution in [1.82, 2.24) is 15.0 Å². The number of fused-ring (bicyclic) bond motifs is 1. The summed E-state index contributed by atoms with van der Waals surface area (Å²) in [7, 11) is 0. The van der Waals surface area contributed by atoms with E-state index in [-0.39, 0.29) is 0 Å². The van der Waals surface area contributed by atoms with E-state index in [0.717, 1.165) is 21.9 Å². The van der Waals surface area contributed by atoms with Crippen LogP contribution in [-0.2, 0) is 6.54 Å². The zero-order valence-corrected chi connectivity index (χ0v) is 8.06. The molecule has 68 valence electrons. The van der Waals surface area contributed by atoms with Gasteiger partial charge < -0.3 is 10.7 Å². The van der Waals surface area contributed by atoms with Gasteiger partial charge in [0.25, 0.3) is 0 Å². The van der Waals surface area contributed by atoms with Gasteiger partial charge in [0.05, 0.1) is 5.52 Å². The van der Waals surface area contributed by atoms with Crippen LogP contribution in [0.25, 0.3) is 11.2 Å². The Morgan fingerprint density at radius 1 is 1.62 bits per heavy atom. The Hall–Kier alpha value is -1.07. The van der Waals surface area contributed by atoms with Crippen molar-refractivity contribution in [2.75, 3.05) is 6.26 Å². The SMILES string of the molecule is CSc1nc2nccc(CN)c2[nH]1. The lowest BCUT2D eigenvalue weighted by Gasteiger charge is -1.95. The van der Waals surface area contributed by atoms with Crippen LogP contribution in [0.2, 0.25) is 0 Å². The minimum absolute atomic E-state index is 0.509. The fourth-order valence-electron chi connectivity index (χ4n) is 1.21. The molecule has 0 aromatic carbocycles. The average molecular weight is 194 g/mol. The van der Waals surface area contributed by atoms with E-state index in [1.165, 1.54) is 0 Å². The minimum Gasteiger partial charge on any atom is -0.331 e. The number of H-pyrrole nitrogens is 1. The molecule has 2 aromatic rings. The molecule has 2 aromatic heterocycles. The highest BCUT2D eigenvalue weighted by atomic mass is 32.2. The maximum absolute atomic E-state index is 5.58. The number of pyridine rings is 1. The molecule has 4 nitrogen and oxygen atoms in total. The molecule has 0 aliphatic rings. The Morgan fingerprint density at radius 3 is 3.15 bits per heavy atom. The molecule has 0 saturated heterocycles. The second-order valence-electron chi connectivity index (χ2n) is 2.62. The highest BCUT2D eigenvalue weighted by Gasteiger charge is 2.05. The number of nitrogens with zero attached hydrogens (tertiary/aromatic N) is 2. The minimum atomic E-state index is 0.509. The Kier molecular flexibility index (Phi) is 2.20. The number of nitrogens with two attached hydrogens (primary N) is 1. The van der Waals surface area contributed by atoms with Gasteiger partial charge in [0.2, 0.25) is 0 Å². The lowest BCUT2D eigenvalue weighted by molar-refractivity contribution is 1.06. The molecule has 0 spiro atoms. The molecule has 2 rings (SSSR count). The highest BCUT2D eigenvalue weighted by Crippen LogP contribution is 2.18. The molecule has 3 N–H and O–H groups in total. The summed E-state index contributed by atoms with van der Waals surface area (Å²) in [6, 6.07) is 1.91. The second kappa shape index (κ2) is 3.35. The van der Waals surface area contributed by atoms with Crippen molar-refractivity contribution in [3.63, 3.8) is 0 Å². The summed E-state index contributed by atoms with van der Waals surface area (Å²) in [6.45, 7) is 0.509. The molecule has 0 saturated carbocycles. The first-order chi connectivity index (χ1) is 6.35. The van der Waals surface area contributed by atoms with E-state index in [0.29, 0.717) is 6.54 Å². The molecule has 13 heavy (non-hydrogen) atoms. The van der Waals surface area contributed by atoms with Gasteiger partial charge in [-0.2, -0.15) is 0 Å². The first-order valence-electron chi connectivity index (χ1n) is 3.93. The van der Waals surface area contributed by atoms with E-state index in [4.69, 9.17) is 5.73 Å². The van der Waals surface area contributed by atoms with Crippen molar-refractivity contribution in [2.45, 2.75) is 11.7 Å². The van der Waals surface area contributed by atoms with Crippen LogP contribution < -0.4 is 5.73 Å². The van der Waals surface area contributed by atoms with Gasteiger partial charge in [-0.3, -0.25) is 0 Å². The first kappa shape index (κ1) is 8.52. The number of nitrogens with one attached hydrogen (secondary N) is 1. The Labute approximate surface area is 80.0 Å². The summed E-state index contributed by atoms with van der Waals surface area (Å²) in [6.07, 6.45) is 3.70. The van der Waals surface area contributed by atoms with Crippen molar-refractivity contribution in [3.8, 4) is 0 Å². The van der Waals surface area contributed by atoms with Crippen LogP contribution in [0.15, 0.2) is 17.4 Å². The molecule has 0 aliphatic carbocycles. The number of aromatic amines is 1. The summed E-state index contributed by atoms with van der Waals surface area (Å²) >= 11 is 1.57. The Morgan fingerprint density at radius 2 is 2.46 bits per heavy atom. The smallest absolute Gasteiger partial charge is 0.178 e. The maximum Gasteiger partial charge on any atom is 0.178 e. The topological polar surface area (TPSA) is 67.6 Å². The second-order valence-corrected chi connectivity index (χ2v) is 3.41. The van der Waals surface area contributed by atoms with Crippen molar-refractivity contribution < 1.29 is 0 Å². The van der Waals surface area contributed by atoms with Gasteiger partial charge in [0, 0.05) is 12.7 Å². The molecular weight excluding hydrogens is 184 g/mol. The monoisotopic (exact) mass is 194 g/mol. The van der Waals surface area contributed by atoms with Crippen LogP contribution in [0, 0.1) is 0 Å². The van der Waals surface area contributed by atoms with Gasteiger partial charge in [-0.15, -0.1) is 0 Å². The molecule has 0 unspecified atom stereocenters. The van der Waals surface area contributed by atoms with Gasteiger partial charge in [0.1, 0.15) is 0 Å². The van der Waals surface area contributed by atoms with Crippen molar-refractivity contribution in [2.24, 2.45) is 5.73 Å². The standard InChI is InChI=1S/C8H10N4S/c1-13-8-11-6-5(4-9)2-3-10-7(6)12-8/h2-3H,4,9H2,1H3,(H,10,11,12). The van der Waals surface area contributed by atoms with Gasteiger partial charge >= 0.3 is 0 Å². The Bertz CT molecular complexity index is 423. The zero-order valence-electron chi connectivity index (χ0n) is 7.24. The normalized spacial score (nSPS) is 10.9. The van der Waals surface area contributed by atoms with Gasteiger partial charge in [-0.05, 0) is 17.9 Å². The molecule has 0 bridgehead atoms. The average Bonchev–Trinajstić information content (AvgIpc) is 2.59. The zero-order chi connectivity index (χ0) is 9.26. The van der Waals surface area contributed by atoms with Crippen LogP contribution in [0.1, 0.15) is 5.56 Å². The molecule has 0 atom stereocenters. The number of hydrogen-bond acceptors (Lipinski definition) is 4. The lowest BCUT2D eigenvalue weighted by atomic mass is 10.2. The first-order valence-corrected chi connectivity index (χ1v) is 5.15. The fraction of sp³-hybridized carbons (Fsp3) is 0.250. The van der Waals surface area contributed by atoms with E-state index >= 15 is 0 Å². The molecule has 0 fully saturated rings. The Balaban J connectivity index is 2.67. The fourth-order valence-corrected chi connectivity index (χ4v) is 1.59. The number of aromatic nitrogens is 3. The summed E-state index contributed by atoms with van der Waals surface area (Å²) in [5, 5.41) is 0.878. The van der Waals surface area contributed by atoms with Crippen LogP contribution >= 0.6 is 11.8 Å². The van der Waals surface area contributed by atoms with Crippen LogP contribution in [0.4, 0.5) is 0 Å². The third kappa shape index (κ3) is 1.40. The summed E-state index contributed by atoms with van der Waals surface area (Å²) < 4.78 is 0. The number of rotatable bonds is 2. The summed E-state index contributed by atoms with van der Waals surface area (Å²) in [5.74, 6) is 0. The number of hydrogen-bond donors (Lipinski definition) is 2. The van der Waals surface area contributed by atoms with E-state index in [9.17, 15) is 0 Å². The third-order valence-corrected chi connectivity index (χ3v) is 2.45. The largest absolute Gasteiger partial charge is 0.331 e. The molecule has 2 heterocycles. The van der Waals surface area contributed by atoms with Crippen LogP contribution in [-0.4, -0.2) is 21.2 Å². The van der Waals surface area contributed by atoms with Crippen molar-refractivity contribution in [3.05, 3.63) is 17.8 Å².